The number of ether oxygens (including phenoxy) is 3. The maximum atomic E-state index is 13.9. The molecule has 0 spiro atoms. The molecule has 2 saturated heterocycles. The lowest BCUT2D eigenvalue weighted by Gasteiger charge is -2.59. The Kier molecular flexibility index (Phi) is 5.94. The molecule has 9 atom stereocenters. The molecule has 9 unspecified atom stereocenters. The molecule has 5 aliphatic rings. The van der Waals surface area contributed by atoms with Crippen LogP contribution in [-0.4, -0.2) is 48.9 Å². The van der Waals surface area contributed by atoms with E-state index in [4.69, 9.17) is 18.6 Å². The van der Waals surface area contributed by atoms with E-state index in [0.717, 1.165) is 28.0 Å². The third kappa shape index (κ3) is 3.47. The van der Waals surface area contributed by atoms with Crippen molar-refractivity contribution in [2.24, 2.45) is 28.1 Å². The number of allylic oxidation sites excluding steroid dienone is 2. The van der Waals surface area contributed by atoms with Crippen LogP contribution in [0.15, 0.2) is 64.3 Å². The van der Waals surface area contributed by atoms with Crippen molar-refractivity contribution < 1.29 is 37.8 Å². The monoisotopic (exact) mass is 584 g/mol. The summed E-state index contributed by atoms with van der Waals surface area (Å²) in [4.78, 5) is 52.1. The lowest BCUT2D eigenvalue weighted by molar-refractivity contribution is -0.190. The largest absolute Gasteiger partial charge is 0.469 e. The van der Waals surface area contributed by atoms with Crippen LogP contribution in [0.25, 0.3) is 11.3 Å². The molecule has 3 heterocycles. The minimum absolute atomic E-state index is 0.000446. The zero-order valence-electron chi connectivity index (χ0n) is 25.3. The maximum absolute atomic E-state index is 13.9. The van der Waals surface area contributed by atoms with Crippen LogP contribution in [0.5, 0.6) is 0 Å². The van der Waals surface area contributed by atoms with Gasteiger partial charge in [0.25, 0.3) is 0 Å². The molecule has 224 valence electrons. The lowest BCUT2D eigenvalue weighted by Crippen LogP contribution is -2.66. The number of ketones is 2. The number of benzene rings is 1. The van der Waals surface area contributed by atoms with E-state index in [9.17, 15) is 19.2 Å². The predicted octanol–water partition coefficient (Wildman–Crippen LogP) is 5.61. The average molecular weight is 585 g/mol. The van der Waals surface area contributed by atoms with Gasteiger partial charge in [0.05, 0.1) is 31.3 Å². The van der Waals surface area contributed by atoms with Crippen molar-refractivity contribution in [1.82, 2.24) is 0 Å². The van der Waals surface area contributed by atoms with E-state index < -0.39 is 46.3 Å². The summed E-state index contributed by atoms with van der Waals surface area (Å²) in [6.45, 7) is 9.46. The van der Waals surface area contributed by atoms with E-state index in [-0.39, 0.29) is 36.0 Å². The van der Waals surface area contributed by atoms with Gasteiger partial charge in [0.2, 0.25) is 0 Å². The molecule has 43 heavy (non-hydrogen) atoms. The van der Waals surface area contributed by atoms with Gasteiger partial charge in [-0.2, -0.15) is 0 Å². The van der Waals surface area contributed by atoms with Crippen molar-refractivity contribution >= 4 is 23.5 Å². The number of esters is 2. The summed E-state index contributed by atoms with van der Waals surface area (Å²) >= 11 is 0. The van der Waals surface area contributed by atoms with Crippen LogP contribution in [0.3, 0.4) is 0 Å². The topological polar surface area (TPSA) is 109 Å². The summed E-state index contributed by atoms with van der Waals surface area (Å²) in [6.07, 6.45) is 4.13. The normalized spacial score (nSPS) is 38.9. The first-order valence-corrected chi connectivity index (χ1v) is 14.9. The minimum Gasteiger partial charge on any atom is -0.469 e. The molecule has 2 aliphatic heterocycles. The summed E-state index contributed by atoms with van der Waals surface area (Å²) in [6, 6.07) is 9.38. The second kappa shape index (κ2) is 9.11. The quantitative estimate of drug-likeness (QED) is 0.253. The number of carbonyl (C=O) groups is 4. The molecule has 0 N–H and O–H groups in total. The maximum Gasteiger partial charge on any atom is 0.316 e. The zero-order valence-corrected chi connectivity index (χ0v) is 25.3. The Balaban J connectivity index is 1.36. The molecule has 3 aliphatic carbocycles. The molecule has 0 radical (unpaired) electrons. The average Bonchev–Trinajstić information content (AvgIpc) is 3.72. The number of hydrogen-bond acceptors (Lipinski definition) is 8. The summed E-state index contributed by atoms with van der Waals surface area (Å²) in [5, 5.41) is 0. The van der Waals surface area contributed by atoms with E-state index >= 15 is 0 Å². The van der Waals surface area contributed by atoms with Gasteiger partial charge in [0.15, 0.2) is 11.6 Å². The van der Waals surface area contributed by atoms with E-state index in [1.807, 2.05) is 32.0 Å². The molecule has 8 nitrogen and oxygen atoms in total. The highest BCUT2D eigenvalue weighted by Gasteiger charge is 2.77. The zero-order chi connectivity index (χ0) is 30.6. The summed E-state index contributed by atoms with van der Waals surface area (Å²) in [5.74, 6) is -1.11. The molecular formula is C35H36O8. The van der Waals surface area contributed by atoms with E-state index in [1.165, 1.54) is 13.2 Å². The van der Waals surface area contributed by atoms with Gasteiger partial charge >= 0.3 is 11.9 Å². The SMILES string of the molecule is COC(=O)CC1C2(C)C3=C(C)C(c4ccoc4-c4ccc(C(C)=O)cc4)CC3OC2C2OC(=O)C3(C)C=CC(=O)C1(C)C23. The van der Waals surface area contributed by atoms with Crippen molar-refractivity contribution in [3.8, 4) is 11.3 Å². The fourth-order valence-electron chi connectivity index (χ4n) is 9.59. The Hall–Kier alpha value is -3.78. The van der Waals surface area contributed by atoms with Gasteiger partial charge in [-0.3, -0.25) is 19.2 Å². The fraction of sp³-hybridized carbons (Fsp3) is 0.486. The second-order valence-corrected chi connectivity index (χ2v) is 13.5. The molecule has 3 fully saturated rings. The molecule has 8 heteroatoms. The van der Waals surface area contributed by atoms with Gasteiger partial charge in [0, 0.05) is 39.4 Å². The Bertz CT molecular complexity index is 1640. The predicted molar refractivity (Wildman–Crippen MR) is 155 cm³/mol. The standard InChI is InChI=1S/C35H36O8/c1-17-22(21-12-14-41-28(21)20-9-7-19(8-10-20)18(2)36)15-23-27(17)35(5)24(16-26(38)40-6)34(4)25(37)11-13-33(3)30(34)29(31(35)42-23)43-32(33)39/h7-14,22-24,29-31H,15-16H2,1-6H3. The third-order valence-corrected chi connectivity index (χ3v) is 11.6. The summed E-state index contributed by atoms with van der Waals surface area (Å²) in [7, 11) is 1.36. The van der Waals surface area contributed by atoms with Crippen LogP contribution >= 0.6 is 0 Å². The number of fused-ring (bicyclic) bond motifs is 4. The van der Waals surface area contributed by atoms with E-state index in [0.29, 0.717) is 12.0 Å². The Morgan fingerprint density at radius 2 is 1.77 bits per heavy atom. The van der Waals surface area contributed by atoms with Gasteiger partial charge in [0.1, 0.15) is 18.0 Å². The molecule has 0 amide bonds. The highest BCUT2D eigenvalue weighted by Crippen LogP contribution is 2.72. The first-order valence-electron chi connectivity index (χ1n) is 14.9. The Labute approximate surface area is 250 Å². The second-order valence-electron chi connectivity index (χ2n) is 13.5. The number of methoxy groups -OCH3 is 1. The minimum atomic E-state index is -1.05. The molecule has 2 aromatic rings. The molecular weight excluding hydrogens is 548 g/mol. The van der Waals surface area contributed by atoms with Crippen LogP contribution in [0.4, 0.5) is 0 Å². The van der Waals surface area contributed by atoms with Crippen LogP contribution in [0, 0.1) is 28.1 Å². The van der Waals surface area contributed by atoms with Crippen LogP contribution in [-0.2, 0) is 28.6 Å². The third-order valence-electron chi connectivity index (χ3n) is 11.6. The first kappa shape index (κ1) is 28.0. The van der Waals surface area contributed by atoms with Gasteiger partial charge < -0.3 is 18.6 Å². The van der Waals surface area contributed by atoms with Crippen molar-refractivity contribution in [3.63, 3.8) is 0 Å². The molecule has 7 rings (SSSR count). The number of rotatable bonds is 5. The number of Topliss-reactive ketones (excluding diaryl/α,β-unsaturated/α-hetero) is 1. The first-order chi connectivity index (χ1) is 20.4. The van der Waals surface area contributed by atoms with Crippen LogP contribution < -0.4 is 0 Å². The van der Waals surface area contributed by atoms with Gasteiger partial charge in [-0.15, -0.1) is 0 Å². The summed E-state index contributed by atoms with van der Waals surface area (Å²) < 4.78 is 24.2. The van der Waals surface area contributed by atoms with E-state index in [2.05, 4.69) is 13.8 Å². The Morgan fingerprint density at radius 3 is 2.44 bits per heavy atom. The number of hydrogen-bond donors (Lipinski definition) is 0. The fourth-order valence-corrected chi connectivity index (χ4v) is 9.59. The molecule has 1 aromatic heterocycles. The van der Waals surface area contributed by atoms with Crippen molar-refractivity contribution in [2.75, 3.05) is 7.11 Å². The molecule has 1 aromatic carbocycles. The van der Waals surface area contributed by atoms with Crippen molar-refractivity contribution in [3.05, 3.63) is 71.0 Å². The molecule has 1 saturated carbocycles. The van der Waals surface area contributed by atoms with Gasteiger partial charge in [-0.05, 0) is 50.8 Å². The highest BCUT2D eigenvalue weighted by atomic mass is 16.6. The smallest absolute Gasteiger partial charge is 0.316 e. The highest BCUT2D eigenvalue weighted by molar-refractivity contribution is 6.00. The van der Waals surface area contributed by atoms with Crippen LogP contribution in [0.2, 0.25) is 0 Å². The van der Waals surface area contributed by atoms with Gasteiger partial charge in [-0.25, -0.2) is 0 Å². The van der Waals surface area contributed by atoms with Gasteiger partial charge in [-0.1, -0.05) is 49.8 Å². The van der Waals surface area contributed by atoms with E-state index in [1.54, 1.807) is 31.4 Å². The molecule has 0 bridgehead atoms. The van der Waals surface area contributed by atoms with Crippen molar-refractivity contribution in [2.45, 2.75) is 71.7 Å². The lowest BCUT2D eigenvalue weighted by atomic mass is 9.42. The van der Waals surface area contributed by atoms with Crippen molar-refractivity contribution in [1.29, 1.82) is 0 Å². The summed E-state index contributed by atoms with van der Waals surface area (Å²) in [5.41, 5.74) is 1.89. The number of carbonyl (C=O) groups excluding carboxylic acids is 4. The van der Waals surface area contributed by atoms with Crippen LogP contribution in [0.1, 0.15) is 69.3 Å². The Morgan fingerprint density at radius 1 is 1.05 bits per heavy atom. The number of furan rings is 1.